The number of hydrogen-bond acceptors (Lipinski definition) is 6. The van der Waals surface area contributed by atoms with E-state index >= 15 is 0 Å². The molecule has 3 aromatic rings. The van der Waals surface area contributed by atoms with Crippen LogP contribution in [0.25, 0.3) is 10.9 Å². The van der Waals surface area contributed by atoms with Gasteiger partial charge in [-0.2, -0.15) is 5.10 Å². The number of nitrogens with zero attached hydrogens (tertiary/aromatic N) is 5. The Kier molecular flexibility index (Phi) is 5.31. The van der Waals surface area contributed by atoms with E-state index in [2.05, 4.69) is 44.9 Å². The summed E-state index contributed by atoms with van der Waals surface area (Å²) in [7, 11) is 0. The summed E-state index contributed by atoms with van der Waals surface area (Å²) >= 11 is 6.74. The van der Waals surface area contributed by atoms with Gasteiger partial charge < -0.3 is 10.1 Å². The standard InChI is InChI=1S/C25H31ClN6O/c1-16-23(14-28-32(16)19-3-4-19)30-24-27-13-18-11-21(26)20(12-22(18)29-24)17-5-8-31(9-6-17)25(2)7-10-33-15-25/h11-14,17,19H,3-10,15H2,1-2H3,(H,27,29,30). The van der Waals surface area contributed by atoms with Crippen LogP contribution in [0.1, 0.15) is 62.2 Å². The molecule has 3 aliphatic rings. The Hall–Kier alpha value is -2.22. The Morgan fingerprint density at radius 3 is 2.70 bits per heavy atom. The third-order valence-corrected chi connectivity index (χ3v) is 8.11. The van der Waals surface area contributed by atoms with Crippen molar-refractivity contribution in [2.75, 3.05) is 31.6 Å². The predicted molar refractivity (Wildman–Crippen MR) is 130 cm³/mol. The maximum atomic E-state index is 6.74. The number of aromatic nitrogens is 4. The lowest BCUT2D eigenvalue weighted by atomic mass is 9.86. The molecule has 2 aromatic heterocycles. The van der Waals surface area contributed by atoms with Gasteiger partial charge in [-0.3, -0.25) is 9.58 Å². The summed E-state index contributed by atoms with van der Waals surface area (Å²) in [6.07, 6.45) is 9.49. The molecule has 4 heterocycles. The number of nitrogens with one attached hydrogen (secondary N) is 1. The van der Waals surface area contributed by atoms with E-state index in [1.54, 1.807) is 0 Å². The summed E-state index contributed by atoms with van der Waals surface area (Å²) in [6.45, 7) is 8.32. The first-order valence-corrected chi connectivity index (χ1v) is 12.5. The molecule has 0 bridgehead atoms. The van der Waals surface area contributed by atoms with Crippen molar-refractivity contribution in [1.29, 1.82) is 0 Å². The van der Waals surface area contributed by atoms with Crippen LogP contribution in [0, 0.1) is 6.92 Å². The lowest BCUT2D eigenvalue weighted by molar-refractivity contribution is 0.0582. The highest BCUT2D eigenvalue weighted by molar-refractivity contribution is 6.32. The van der Waals surface area contributed by atoms with Crippen molar-refractivity contribution >= 4 is 34.1 Å². The number of hydrogen-bond donors (Lipinski definition) is 1. The molecule has 6 rings (SSSR count). The number of anilines is 2. The van der Waals surface area contributed by atoms with Crippen molar-refractivity contribution in [3.63, 3.8) is 0 Å². The highest BCUT2D eigenvalue weighted by Crippen LogP contribution is 2.39. The normalized spacial score (nSPS) is 24.6. The average Bonchev–Trinajstić information content (AvgIpc) is 3.46. The molecule has 0 amide bonds. The van der Waals surface area contributed by atoms with Gasteiger partial charge in [0, 0.05) is 28.8 Å². The van der Waals surface area contributed by atoms with E-state index in [1.165, 1.54) is 18.4 Å². The minimum Gasteiger partial charge on any atom is -0.379 e. The Balaban J connectivity index is 1.21. The first-order valence-electron chi connectivity index (χ1n) is 12.1. The van der Waals surface area contributed by atoms with Crippen molar-refractivity contribution in [2.24, 2.45) is 0 Å². The lowest BCUT2D eigenvalue weighted by Crippen LogP contribution is -2.50. The quantitative estimate of drug-likeness (QED) is 0.555. The molecule has 1 saturated carbocycles. The highest BCUT2D eigenvalue weighted by Gasteiger charge is 2.38. The van der Waals surface area contributed by atoms with Gasteiger partial charge in [0.15, 0.2) is 0 Å². The minimum atomic E-state index is 0.192. The predicted octanol–water partition coefficient (Wildman–Crippen LogP) is 5.23. The third-order valence-electron chi connectivity index (χ3n) is 7.78. The number of ether oxygens (including phenoxy) is 1. The molecule has 0 radical (unpaired) electrons. The smallest absolute Gasteiger partial charge is 0.227 e. The number of halogens is 1. The molecule has 3 fully saturated rings. The second-order valence-electron chi connectivity index (χ2n) is 10.1. The summed E-state index contributed by atoms with van der Waals surface area (Å²) in [5, 5.41) is 9.68. The average molecular weight is 467 g/mol. The molecule has 33 heavy (non-hydrogen) atoms. The van der Waals surface area contributed by atoms with Gasteiger partial charge in [-0.15, -0.1) is 0 Å². The Labute approximate surface area is 199 Å². The fourth-order valence-electron chi connectivity index (χ4n) is 5.43. The molecule has 0 spiro atoms. The van der Waals surface area contributed by atoms with Gasteiger partial charge in [0.1, 0.15) is 0 Å². The fourth-order valence-corrected chi connectivity index (χ4v) is 5.76. The van der Waals surface area contributed by atoms with Crippen molar-refractivity contribution < 1.29 is 4.74 Å². The maximum absolute atomic E-state index is 6.74. The van der Waals surface area contributed by atoms with Gasteiger partial charge in [-0.1, -0.05) is 11.6 Å². The number of fused-ring (bicyclic) bond motifs is 1. The Bertz CT molecular complexity index is 1180. The van der Waals surface area contributed by atoms with E-state index in [9.17, 15) is 0 Å². The van der Waals surface area contributed by atoms with Gasteiger partial charge in [0.2, 0.25) is 5.95 Å². The van der Waals surface area contributed by atoms with Crippen molar-refractivity contribution in [3.8, 4) is 0 Å². The summed E-state index contributed by atoms with van der Waals surface area (Å²) in [4.78, 5) is 12.0. The van der Waals surface area contributed by atoms with E-state index in [0.29, 0.717) is 17.9 Å². The van der Waals surface area contributed by atoms with Gasteiger partial charge in [0.25, 0.3) is 0 Å². The van der Waals surface area contributed by atoms with Crippen molar-refractivity contribution in [2.45, 2.75) is 63.5 Å². The van der Waals surface area contributed by atoms with E-state index in [0.717, 1.165) is 72.9 Å². The number of rotatable bonds is 5. The number of likely N-dealkylation sites (tertiary alicyclic amines) is 1. The fraction of sp³-hybridized carbons (Fsp3) is 0.560. The first-order chi connectivity index (χ1) is 16.0. The molecule has 8 heteroatoms. The summed E-state index contributed by atoms with van der Waals surface area (Å²) < 4.78 is 7.78. The second-order valence-corrected chi connectivity index (χ2v) is 10.5. The van der Waals surface area contributed by atoms with Gasteiger partial charge in [0.05, 0.1) is 35.7 Å². The maximum Gasteiger partial charge on any atom is 0.227 e. The van der Waals surface area contributed by atoms with Crippen molar-refractivity contribution in [1.82, 2.24) is 24.6 Å². The molecule has 174 valence electrons. The van der Waals surface area contributed by atoms with Crippen LogP contribution >= 0.6 is 11.6 Å². The molecule has 7 nitrogen and oxygen atoms in total. The van der Waals surface area contributed by atoms with E-state index in [4.69, 9.17) is 21.3 Å². The van der Waals surface area contributed by atoms with Crippen LogP contribution in [-0.2, 0) is 4.74 Å². The minimum absolute atomic E-state index is 0.192. The summed E-state index contributed by atoms with van der Waals surface area (Å²) in [6, 6.07) is 4.74. The zero-order valence-electron chi connectivity index (χ0n) is 19.4. The zero-order valence-corrected chi connectivity index (χ0v) is 20.1. The van der Waals surface area contributed by atoms with Gasteiger partial charge >= 0.3 is 0 Å². The van der Waals surface area contributed by atoms with Crippen molar-refractivity contribution in [3.05, 3.63) is 40.8 Å². The van der Waals surface area contributed by atoms with E-state index in [-0.39, 0.29) is 5.54 Å². The van der Waals surface area contributed by atoms with Crippen LogP contribution in [0.4, 0.5) is 11.6 Å². The van der Waals surface area contributed by atoms with Crippen LogP contribution in [0.15, 0.2) is 24.5 Å². The van der Waals surface area contributed by atoms with Gasteiger partial charge in [-0.25, -0.2) is 9.97 Å². The molecular weight excluding hydrogens is 436 g/mol. The van der Waals surface area contributed by atoms with E-state index < -0.39 is 0 Å². The Morgan fingerprint density at radius 1 is 1.15 bits per heavy atom. The molecule has 1 aromatic carbocycles. The molecule has 2 aliphatic heterocycles. The van der Waals surface area contributed by atoms with Crippen LogP contribution < -0.4 is 5.32 Å². The second kappa shape index (κ2) is 8.22. The monoisotopic (exact) mass is 466 g/mol. The van der Waals surface area contributed by atoms with Crippen LogP contribution in [-0.4, -0.2) is 56.5 Å². The lowest BCUT2D eigenvalue weighted by Gasteiger charge is -2.42. The summed E-state index contributed by atoms with van der Waals surface area (Å²) in [5.74, 6) is 1.05. The first kappa shape index (κ1) is 21.3. The Morgan fingerprint density at radius 2 is 1.97 bits per heavy atom. The topological polar surface area (TPSA) is 68.1 Å². The number of piperidine rings is 1. The molecule has 2 saturated heterocycles. The molecule has 1 N–H and O–H groups in total. The zero-order chi connectivity index (χ0) is 22.6. The van der Waals surface area contributed by atoms with Crippen LogP contribution in [0.5, 0.6) is 0 Å². The molecule has 1 atom stereocenters. The van der Waals surface area contributed by atoms with Crippen LogP contribution in [0.2, 0.25) is 5.02 Å². The molecular formula is C25H31ClN6O. The SMILES string of the molecule is Cc1c(Nc2ncc3cc(Cl)c(C4CCN(C5(C)CCOC5)CC4)cc3n2)cnn1C1CC1. The molecule has 1 unspecified atom stereocenters. The molecule has 1 aliphatic carbocycles. The summed E-state index contributed by atoms with van der Waals surface area (Å²) in [5.41, 5.74) is 4.42. The number of benzene rings is 1. The highest BCUT2D eigenvalue weighted by atomic mass is 35.5. The third kappa shape index (κ3) is 4.00. The van der Waals surface area contributed by atoms with E-state index in [1.807, 2.05) is 18.5 Å². The largest absolute Gasteiger partial charge is 0.379 e. The van der Waals surface area contributed by atoms with Crippen LogP contribution in [0.3, 0.4) is 0 Å². The van der Waals surface area contributed by atoms with Gasteiger partial charge in [-0.05, 0) is 82.7 Å².